The van der Waals surface area contributed by atoms with Crippen molar-refractivity contribution in [1.29, 1.82) is 0 Å². The highest BCUT2D eigenvalue weighted by Crippen LogP contribution is 2.25. The maximum atomic E-state index is 12.4. The van der Waals surface area contributed by atoms with Crippen LogP contribution in [-0.4, -0.2) is 50.0 Å². The van der Waals surface area contributed by atoms with Gasteiger partial charge in [-0.05, 0) is 42.3 Å². The Kier molecular flexibility index (Phi) is 7.49. The van der Waals surface area contributed by atoms with Gasteiger partial charge in [-0.2, -0.15) is 4.98 Å². The Hall–Kier alpha value is -2.95. The largest absolute Gasteiger partial charge is 0.496 e. The van der Waals surface area contributed by atoms with Crippen LogP contribution in [0.1, 0.15) is 17.9 Å². The van der Waals surface area contributed by atoms with Crippen LogP contribution in [0.25, 0.3) is 11.4 Å². The van der Waals surface area contributed by atoms with E-state index < -0.39 is 10.0 Å². The molecule has 1 aromatic heterocycles. The standard InChI is InChI=1S/C21H23ClN4O5S/c1-26(2)32(28,29)17-8-9-18(30-3)14(12-17)7-10-19(27)23-13-20-24-21(25-31-20)15-5-4-6-16(22)11-15/h4-6,8-9,11-12H,7,10,13H2,1-3H3,(H,23,27). The molecule has 32 heavy (non-hydrogen) atoms. The summed E-state index contributed by atoms with van der Waals surface area (Å²) in [6.45, 7) is 0.0680. The summed E-state index contributed by atoms with van der Waals surface area (Å²) in [6, 6.07) is 11.6. The number of hydrogen-bond acceptors (Lipinski definition) is 7. The number of rotatable bonds is 9. The first kappa shape index (κ1) is 23.7. The number of methoxy groups -OCH3 is 1. The van der Waals surface area contributed by atoms with Gasteiger partial charge in [0.25, 0.3) is 0 Å². The predicted octanol–water partition coefficient (Wildman–Crippen LogP) is 2.90. The van der Waals surface area contributed by atoms with Crippen molar-refractivity contribution >= 4 is 27.5 Å². The van der Waals surface area contributed by atoms with Gasteiger partial charge in [0.2, 0.25) is 27.6 Å². The third-order valence-corrected chi connectivity index (χ3v) is 6.69. The highest BCUT2D eigenvalue weighted by atomic mass is 35.5. The summed E-state index contributed by atoms with van der Waals surface area (Å²) in [5.41, 5.74) is 1.32. The second-order valence-corrected chi connectivity index (χ2v) is 9.65. The first-order valence-electron chi connectivity index (χ1n) is 9.65. The quantitative estimate of drug-likeness (QED) is 0.502. The summed E-state index contributed by atoms with van der Waals surface area (Å²) >= 11 is 5.97. The molecule has 0 aliphatic heterocycles. The van der Waals surface area contributed by atoms with E-state index in [4.69, 9.17) is 20.9 Å². The first-order valence-corrected chi connectivity index (χ1v) is 11.5. The van der Waals surface area contributed by atoms with Gasteiger partial charge in [0.15, 0.2) is 0 Å². The number of aromatic nitrogens is 2. The lowest BCUT2D eigenvalue weighted by Gasteiger charge is -2.14. The fourth-order valence-electron chi connectivity index (χ4n) is 2.90. The summed E-state index contributed by atoms with van der Waals surface area (Å²) in [4.78, 5) is 16.7. The average molecular weight is 479 g/mol. The minimum atomic E-state index is -3.59. The van der Waals surface area contributed by atoms with Gasteiger partial charge in [0.05, 0.1) is 18.6 Å². The summed E-state index contributed by atoms with van der Waals surface area (Å²) in [6.07, 6.45) is 0.417. The number of aryl methyl sites for hydroxylation is 1. The van der Waals surface area contributed by atoms with E-state index in [1.807, 2.05) is 0 Å². The second-order valence-electron chi connectivity index (χ2n) is 7.06. The molecule has 3 aromatic rings. The van der Waals surface area contributed by atoms with Crippen molar-refractivity contribution in [3.05, 3.63) is 58.9 Å². The van der Waals surface area contributed by atoms with Crippen LogP contribution in [-0.2, 0) is 27.8 Å². The molecule has 0 saturated heterocycles. The molecule has 0 unspecified atom stereocenters. The Balaban J connectivity index is 1.61. The monoisotopic (exact) mass is 478 g/mol. The zero-order chi connectivity index (χ0) is 23.3. The van der Waals surface area contributed by atoms with E-state index in [0.717, 1.165) is 4.31 Å². The average Bonchev–Trinajstić information content (AvgIpc) is 3.25. The Morgan fingerprint density at radius 3 is 2.69 bits per heavy atom. The molecular formula is C21H23ClN4O5S. The second kappa shape index (κ2) is 10.1. The number of amides is 1. The van der Waals surface area contributed by atoms with E-state index in [1.165, 1.54) is 33.3 Å². The highest BCUT2D eigenvalue weighted by molar-refractivity contribution is 7.89. The Morgan fingerprint density at radius 2 is 2.00 bits per heavy atom. The van der Waals surface area contributed by atoms with Gasteiger partial charge in [-0.3, -0.25) is 4.79 Å². The lowest BCUT2D eigenvalue weighted by atomic mass is 10.1. The molecule has 0 atom stereocenters. The summed E-state index contributed by atoms with van der Waals surface area (Å²) in [5.74, 6) is 0.888. The molecule has 0 fully saturated rings. The van der Waals surface area contributed by atoms with E-state index in [1.54, 1.807) is 30.3 Å². The van der Waals surface area contributed by atoms with Gasteiger partial charge >= 0.3 is 0 Å². The fraction of sp³-hybridized carbons (Fsp3) is 0.286. The molecule has 0 aliphatic carbocycles. The van der Waals surface area contributed by atoms with Crippen LogP contribution in [0.3, 0.4) is 0 Å². The number of benzene rings is 2. The molecular weight excluding hydrogens is 456 g/mol. The lowest BCUT2D eigenvalue weighted by Crippen LogP contribution is -2.24. The minimum absolute atomic E-state index is 0.0680. The highest BCUT2D eigenvalue weighted by Gasteiger charge is 2.19. The van der Waals surface area contributed by atoms with Gasteiger partial charge in [0, 0.05) is 31.1 Å². The maximum absolute atomic E-state index is 12.4. The number of nitrogens with zero attached hydrogens (tertiary/aromatic N) is 3. The zero-order valence-corrected chi connectivity index (χ0v) is 19.4. The van der Waals surface area contributed by atoms with E-state index in [9.17, 15) is 13.2 Å². The molecule has 0 radical (unpaired) electrons. The number of sulfonamides is 1. The first-order chi connectivity index (χ1) is 15.2. The van der Waals surface area contributed by atoms with Crippen LogP contribution >= 0.6 is 11.6 Å². The molecule has 170 valence electrons. The van der Waals surface area contributed by atoms with Gasteiger partial charge in [0.1, 0.15) is 5.75 Å². The molecule has 0 bridgehead atoms. The van der Waals surface area contributed by atoms with Crippen molar-refractivity contribution in [2.24, 2.45) is 0 Å². The summed E-state index contributed by atoms with van der Waals surface area (Å²) in [7, 11) is 0.822. The molecule has 3 rings (SSSR count). The molecule has 0 aliphatic rings. The maximum Gasteiger partial charge on any atom is 0.246 e. The van der Waals surface area contributed by atoms with Gasteiger partial charge in [-0.15, -0.1) is 0 Å². The number of carbonyl (C=O) groups is 1. The summed E-state index contributed by atoms with van der Waals surface area (Å²) < 4.78 is 36.4. The molecule has 1 N–H and O–H groups in total. The van der Waals surface area contributed by atoms with Crippen molar-refractivity contribution in [3.63, 3.8) is 0 Å². The number of ether oxygens (including phenoxy) is 1. The molecule has 1 amide bonds. The van der Waals surface area contributed by atoms with Gasteiger partial charge in [-0.25, -0.2) is 12.7 Å². The molecule has 11 heteroatoms. The van der Waals surface area contributed by atoms with Crippen molar-refractivity contribution in [1.82, 2.24) is 19.8 Å². The van der Waals surface area contributed by atoms with Crippen LogP contribution in [0, 0.1) is 0 Å². The lowest BCUT2D eigenvalue weighted by molar-refractivity contribution is -0.121. The van der Waals surface area contributed by atoms with Crippen molar-refractivity contribution in [2.45, 2.75) is 24.3 Å². The van der Waals surface area contributed by atoms with Crippen LogP contribution in [0.4, 0.5) is 0 Å². The Morgan fingerprint density at radius 1 is 1.22 bits per heavy atom. The molecule has 0 spiro atoms. The Labute approximate surface area is 191 Å². The van der Waals surface area contributed by atoms with E-state index in [0.29, 0.717) is 34.1 Å². The fourth-order valence-corrected chi connectivity index (χ4v) is 4.05. The topological polar surface area (TPSA) is 115 Å². The number of halogens is 1. The van der Waals surface area contributed by atoms with Crippen molar-refractivity contribution < 1.29 is 22.5 Å². The van der Waals surface area contributed by atoms with Crippen LogP contribution in [0.15, 0.2) is 51.9 Å². The third-order valence-electron chi connectivity index (χ3n) is 4.64. The predicted molar refractivity (Wildman–Crippen MR) is 119 cm³/mol. The van der Waals surface area contributed by atoms with Crippen LogP contribution < -0.4 is 10.1 Å². The smallest absolute Gasteiger partial charge is 0.246 e. The zero-order valence-electron chi connectivity index (χ0n) is 17.8. The van der Waals surface area contributed by atoms with Crippen molar-refractivity contribution in [2.75, 3.05) is 21.2 Å². The molecule has 1 heterocycles. The van der Waals surface area contributed by atoms with Crippen molar-refractivity contribution in [3.8, 4) is 17.1 Å². The summed E-state index contributed by atoms with van der Waals surface area (Å²) in [5, 5.41) is 7.17. The van der Waals surface area contributed by atoms with E-state index in [2.05, 4.69) is 15.5 Å². The number of nitrogens with one attached hydrogen (secondary N) is 1. The van der Waals surface area contributed by atoms with E-state index >= 15 is 0 Å². The van der Waals surface area contributed by atoms with Crippen LogP contribution in [0.2, 0.25) is 5.02 Å². The van der Waals surface area contributed by atoms with Gasteiger partial charge < -0.3 is 14.6 Å². The normalized spacial score (nSPS) is 11.5. The number of carbonyl (C=O) groups excluding carboxylic acids is 1. The molecule has 9 nitrogen and oxygen atoms in total. The molecule has 0 saturated carbocycles. The third kappa shape index (κ3) is 5.64. The molecule has 2 aromatic carbocycles. The number of hydrogen-bond donors (Lipinski definition) is 1. The van der Waals surface area contributed by atoms with Gasteiger partial charge in [-0.1, -0.05) is 28.9 Å². The Bertz CT molecular complexity index is 1210. The minimum Gasteiger partial charge on any atom is -0.496 e. The SMILES string of the molecule is COc1ccc(S(=O)(=O)N(C)C)cc1CCC(=O)NCc1nc(-c2cccc(Cl)c2)no1. The van der Waals surface area contributed by atoms with Crippen LogP contribution in [0.5, 0.6) is 5.75 Å². The van der Waals surface area contributed by atoms with E-state index in [-0.39, 0.29) is 29.7 Å².